The molecule has 1 aromatic carbocycles. The smallest absolute Gasteiger partial charge is 0.293 e. The van der Waals surface area contributed by atoms with Crippen LogP contribution in [0.5, 0.6) is 5.75 Å². The van der Waals surface area contributed by atoms with Gasteiger partial charge in [0.05, 0.1) is 24.9 Å². The Morgan fingerprint density at radius 3 is 2.70 bits per heavy atom. The number of pyridine rings is 2. The molecule has 0 atom stereocenters. The number of rotatable bonds is 3. The predicted octanol–water partition coefficient (Wildman–Crippen LogP) is 2.45. The Hall–Kier alpha value is -2.62. The maximum absolute atomic E-state index is 12.4. The fraction of sp³-hybridized carbons (Fsp3) is 0.125. The van der Waals surface area contributed by atoms with Crippen molar-refractivity contribution in [3.63, 3.8) is 0 Å². The third-order valence-corrected chi connectivity index (χ3v) is 3.24. The quantitative estimate of drug-likeness (QED) is 0.731. The van der Waals surface area contributed by atoms with Crippen molar-refractivity contribution < 1.29 is 4.74 Å². The second-order valence-electron chi connectivity index (χ2n) is 4.48. The lowest BCUT2D eigenvalue weighted by Gasteiger charge is -2.12. The number of fused-ring (bicyclic) bond motifs is 1. The molecule has 0 aliphatic carbocycles. The fourth-order valence-electron chi connectivity index (χ4n) is 2.26. The lowest BCUT2D eigenvalue weighted by atomic mass is 10.2. The van der Waals surface area contributed by atoms with Gasteiger partial charge in [-0.25, -0.2) is 0 Å². The van der Waals surface area contributed by atoms with E-state index in [-0.39, 0.29) is 5.56 Å². The summed E-state index contributed by atoms with van der Waals surface area (Å²) in [5.41, 5.74) is 1.58. The number of nitrogens with zero attached hydrogens (tertiary/aromatic N) is 2. The highest BCUT2D eigenvalue weighted by molar-refractivity contribution is 5.80. The van der Waals surface area contributed by atoms with E-state index in [1.165, 1.54) is 7.11 Å². The second kappa shape index (κ2) is 5.17. The van der Waals surface area contributed by atoms with E-state index >= 15 is 0 Å². The molecule has 3 aromatic rings. The van der Waals surface area contributed by atoms with Crippen molar-refractivity contribution in [1.29, 1.82) is 0 Å². The largest absolute Gasteiger partial charge is 0.491 e. The molecule has 4 nitrogen and oxygen atoms in total. The third kappa shape index (κ3) is 2.16. The van der Waals surface area contributed by atoms with E-state index in [2.05, 4.69) is 4.98 Å². The lowest BCUT2D eigenvalue weighted by molar-refractivity contribution is 0.405. The molecule has 0 radical (unpaired) electrons. The van der Waals surface area contributed by atoms with Crippen LogP contribution < -0.4 is 10.3 Å². The lowest BCUT2D eigenvalue weighted by Crippen LogP contribution is -2.22. The number of hydrogen-bond donors (Lipinski definition) is 0. The van der Waals surface area contributed by atoms with Crippen LogP contribution in [0.25, 0.3) is 10.9 Å². The Balaban J connectivity index is 2.22. The summed E-state index contributed by atoms with van der Waals surface area (Å²) in [7, 11) is 1.51. The molecule has 0 saturated carbocycles. The molecule has 4 heteroatoms. The minimum atomic E-state index is -0.142. The van der Waals surface area contributed by atoms with Gasteiger partial charge in [0.2, 0.25) is 0 Å². The Labute approximate surface area is 116 Å². The third-order valence-electron chi connectivity index (χ3n) is 3.24. The van der Waals surface area contributed by atoms with Crippen molar-refractivity contribution in [2.45, 2.75) is 6.54 Å². The number of methoxy groups -OCH3 is 1. The van der Waals surface area contributed by atoms with Crippen molar-refractivity contribution in [2.24, 2.45) is 0 Å². The van der Waals surface area contributed by atoms with E-state index in [1.807, 2.05) is 42.5 Å². The molecule has 0 aliphatic rings. The van der Waals surface area contributed by atoms with E-state index in [0.717, 1.165) is 16.6 Å². The summed E-state index contributed by atoms with van der Waals surface area (Å²) in [6.07, 6.45) is 1.72. The van der Waals surface area contributed by atoms with Gasteiger partial charge in [-0.05, 0) is 24.3 Å². The summed E-state index contributed by atoms with van der Waals surface area (Å²) in [5.74, 6) is 0.347. The normalized spacial score (nSPS) is 10.7. The molecule has 100 valence electrons. The van der Waals surface area contributed by atoms with Crippen molar-refractivity contribution >= 4 is 10.9 Å². The van der Waals surface area contributed by atoms with E-state index in [4.69, 9.17) is 4.74 Å². The topological polar surface area (TPSA) is 44.1 Å². The first-order valence-electron chi connectivity index (χ1n) is 6.36. The minimum absolute atomic E-state index is 0.142. The summed E-state index contributed by atoms with van der Waals surface area (Å²) in [4.78, 5) is 16.7. The van der Waals surface area contributed by atoms with Gasteiger partial charge in [-0.2, -0.15) is 0 Å². The molecule has 20 heavy (non-hydrogen) atoms. The second-order valence-corrected chi connectivity index (χ2v) is 4.48. The van der Waals surface area contributed by atoms with Crippen LogP contribution in [0.2, 0.25) is 0 Å². The zero-order valence-electron chi connectivity index (χ0n) is 11.1. The van der Waals surface area contributed by atoms with Gasteiger partial charge in [-0.1, -0.05) is 24.3 Å². The Morgan fingerprint density at radius 2 is 1.95 bits per heavy atom. The van der Waals surface area contributed by atoms with E-state index in [0.29, 0.717) is 12.3 Å². The number of hydrogen-bond acceptors (Lipinski definition) is 3. The van der Waals surface area contributed by atoms with Gasteiger partial charge in [-0.3, -0.25) is 14.3 Å². The van der Waals surface area contributed by atoms with Crippen LogP contribution in [0.3, 0.4) is 0 Å². The molecule has 0 bridgehead atoms. The number of benzene rings is 1. The van der Waals surface area contributed by atoms with Crippen LogP contribution in [-0.4, -0.2) is 16.7 Å². The molecule has 0 spiro atoms. The summed E-state index contributed by atoms with van der Waals surface area (Å²) in [5, 5.41) is 0.972. The molecule has 0 N–H and O–H groups in total. The molecule has 0 fully saturated rings. The van der Waals surface area contributed by atoms with Gasteiger partial charge < -0.3 is 4.74 Å². The molecule has 0 amide bonds. The maximum atomic E-state index is 12.4. The summed E-state index contributed by atoms with van der Waals surface area (Å²) in [6.45, 7) is 0.428. The average Bonchev–Trinajstić information content (AvgIpc) is 2.51. The first-order chi connectivity index (χ1) is 9.79. The van der Waals surface area contributed by atoms with Crippen molar-refractivity contribution in [1.82, 2.24) is 9.55 Å². The molecule has 2 aromatic heterocycles. The Bertz CT molecular complexity index is 794. The van der Waals surface area contributed by atoms with Crippen LogP contribution in [0.1, 0.15) is 5.69 Å². The number of para-hydroxylation sites is 1. The zero-order valence-corrected chi connectivity index (χ0v) is 11.1. The van der Waals surface area contributed by atoms with Crippen LogP contribution >= 0.6 is 0 Å². The predicted molar refractivity (Wildman–Crippen MR) is 78.1 cm³/mol. The summed E-state index contributed by atoms with van der Waals surface area (Å²) >= 11 is 0. The molecule has 0 saturated heterocycles. The van der Waals surface area contributed by atoms with Crippen molar-refractivity contribution in [3.05, 3.63) is 70.8 Å². The maximum Gasteiger partial charge on any atom is 0.293 e. The number of ether oxygens (including phenoxy) is 1. The number of aromatic nitrogens is 2. The van der Waals surface area contributed by atoms with Crippen LogP contribution in [0, 0.1) is 0 Å². The van der Waals surface area contributed by atoms with Crippen LogP contribution in [0.4, 0.5) is 0 Å². The highest BCUT2D eigenvalue weighted by Crippen LogP contribution is 2.17. The van der Waals surface area contributed by atoms with Gasteiger partial charge >= 0.3 is 0 Å². The van der Waals surface area contributed by atoms with Gasteiger partial charge in [-0.15, -0.1) is 0 Å². The Morgan fingerprint density at radius 1 is 1.15 bits per heavy atom. The fourth-order valence-corrected chi connectivity index (χ4v) is 2.26. The molecular weight excluding hydrogens is 252 g/mol. The van der Waals surface area contributed by atoms with Gasteiger partial charge in [0.15, 0.2) is 5.75 Å². The van der Waals surface area contributed by atoms with Gasteiger partial charge in [0.25, 0.3) is 5.56 Å². The zero-order chi connectivity index (χ0) is 13.9. The van der Waals surface area contributed by atoms with E-state index in [9.17, 15) is 4.79 Å². The van der Waals surface area contributed by atoms with E-state index in [1.54, 1.807) is 16.8 Å². The first-order valence-corrected chi connectivity index (χ1v) is 6.36. The average molecular weight is 266 g/mol. The summed E-state index contributed by atoms with van der Waals surface area (Å²) < 4.78 is 6.87. The van der Waals surface area contributed by atoms with Crippen LogP contribution in [0.15, 0.2) is 59.5 Å². The standard InChI is InChI=1S/C16H14N2O2/c1-20-15-10-12-6-2-3-8-14(12)18(16(15)19)11-13-7-4-5-9-17-13/h2-10H,11H2,1H3. The van der Waals surface area contributed by atoms with Gasteiger partial charge in [0, 0.05) is 11.6 Å². The monoisotopic (exact) mass is 266 g/mol. The van der Waals surface area contributed by atoms with Crippen LogP contribution in [-0.2, 0) is 6.54 Å². The molecule has 0 aliphatic heterocycles. The highest BCUT2D eigenvalue weighted by atomic mass is 16.5. The minimum Gasteiger partial charge on any atom is -0.491 e. The molecule has 3 rings (SSSR count). The first kappa shape index (κ1) is 12.4. The SMILES string of the molecule is COc1cc2ccccc2n(Cc2ccccn2)c1=O. The van der Waals surface area contributed by atoms with E-state index < -0.39 is 0 Å². The van der Waals surface area contributed by atoms with Crippen molar-refractivity contribution in [2.75, 3.05) is 7.11 Å². The molecular formula is C16H14N2O2. The molecule has 2 heterocycles. The molecule has 0 unspecified atom stereocenters. The van der Waals surface area contributed by atoms with Crippen molar-refractivity contribution in [3.8, 4) is 5.75 Å². The highest BCUT2D eigenvalue weighted by Gasteiger charge is 2.10. The van der Waals surface area contributed by atoms with Gasteiger partial charge in [0.1, 0.15) is 0 Å². The summed E-state index contributed by atoms with van der Waals surface area (Å²) in [6, 6.07) is 15.2. The Kier molecular flexibility index (Phi) is 3.21.